The quantitative estimate of drug-likeness (QED) is 0.540. The van der Waals surface area contributed by atoms with E-state index >= 15 is 0 Å². The number of benzene rings is 1. The second kappa shape index (κ2) is 4.04. The fourth-order valence-electron chi connectivity index (χ4n) is 0.934. The van der Waals surface area contributed by atoms with Gasteiger partial charge >= 0.3 is 0 Å². The van der Waals surface area contributed by atoms with Crippen molar-refractivity contribution in [3.63, 3.8) is 0 Å². The van der Waals surface area contributed by atoms with Gasteiger partial charge in [0.2, 0.25) is 0 Å². The van der Waals surface area contributed by atoms with Crippen LogP contribution in [0.4, 0.5) is 0 Å². The number of rotatable bonds is 1. The van der Waals surface area contributed by atoms with Crippen molar-refractivity contribution in [1.29, 1.82) is 0 Å². The van der Waals surface area contributed by atoms with E-state index in [-0.39, 0.29) is 4.90 Å². The average molecular weight is 395 g/mol. The molecule has 6 heteroatoms. The first-order chi connectivity index (χ1) is 5.84. The van der Waals surface area contributed by atoms with Crippen molar-refractivity contribution in [3.8, 4) is 0 Å². The Hall–Kier alpha value is 0.670. The molecule has 0 atom stereocenters. The van der Waals surface area contributed by atoms with Gasteiger partial charge in [0, 0.05) is 18.7 Å². The summed E-state index contributed by atoms with van der Waals surface area (Å²) in [6.45, 7) is 1.72. The molecule has 0 unspecified atom stereocenters. The molecular formula is C7H5BrClIO2S. The molecule has 1 rings (SSSR count). The van der Waals surface area contributed by atoms with Crippen LogP contribution >= 0.6 is 49.2 Å². The van der Waals surface area contributed by atoms with E-state index in [4.69, 9.17) is 10.7 Å². The lowest BCUT2D eigenvalue weighted by Crippen LogP contribution is -1.97. The molecule has 1 aromatic rings. The standard InChI is InChI=1S/C7H5BrClIO2S/c1-4-6(10)3-2-5(8)7(4)13(9,11)12/h2-3H,1H3. The van der Waals surface area contributed by atoms with Gasteiger partial charge in [-0.3, -0.25) is 0 Å². The third-order valence-corrected chi connectivity index (χ3v) is 5.10. The first-order valence-corrected chi connectivity index (χ1v) is 7.41. The van der Waals surface area contributed by atoms with E-state index in [2.05, 4.69) is 38.5 Å². The maximum absolute atomic E-state index is 11.2. The minimum Gasteiger partial charge on any atom is -0.207 e. The van der Waals surface area contributed by atoms with Gasteiger partial charge in [-0.2, -0.15) is 0 Å². The molecule has 0 aliphatic carbocycles. The summed E-state index contributed by atoms with van der Waals surface area (Å²) in [4.78, 5) is 0.154. The van der Waals surface area contributed by atoms with Crippen LogP contribution in [0.1, 0.15) is 5.56 Å². The lowest BCUT2D eigenvalue weighted by atomic mass is 10.2. The molecule has 0 bridgehead atoms. The van der Waals surface area contributed by atoms with E-state index in [0.29, 0.717) is 10.0 Å². The Morgan fingerprint density at radius 3 is 2.38 bits per heavy atom. The maximum Gasteiger partial charge on any atom is 0.262 e. The zero-order valence-electron chi connectivity index (χ0n) is 6.51. The molecule has 0 aliphatic rings. The molecule has 0 aliphatic heterocycles. The third-order valence-electron chi connectivity index (χ3n) is 1.54. The van der Waals surface area contributed by atoms with Crippen molar-refractivity contribution in [2.75, 3.05) is 0 Å². The molecule has 72 valence electrons. The Morgan fingerprint density at radius 1 is 1.46 bits per heavy atom. The Bertz CT molecular complexity index is 444. The highest BCUT2D eigenvalue weighted by atomic mass is 127. The van der Waals surface area contributed by atoms with Crippen LogP contribution in [0.15, 0.2) is 21.5 Å². The minimum atomic E-state index is -3.67. The summed E-state index contributed by atoms with van der Waals surface area (Å²) in [5.74, 6) is 0. The minimum absolute atomic E-state index is 0.154. The summed E-state index contributed by atoms with van der Waals surface area (Å²) in [6.07, 6.45) is 0. The van der Waals surface area contributed by atoms with Crippen LogP contribution in [0.5, 0.6) is 0 Å². The van der Waals surface area contributed by atoms with E-state index in [1.54, 1.807) is 13.0 Å². The van der Waals surface area contributed by atoms with Gasteiger partial charge < -0.3 is 0 Å². The number of hydrogen-bond acceptors (Lipinski definition) is 2. The SMILES string of the molecule is Cc1c(I)ccc(Br)c1S(=O)(=O)Cl. The Kier molecular flexibility index (Phi) is 3.65. The monoisotopic (exact) mass is 394 g/mol. The van der Waals surface area contributed by atoms with E-state index < -0.39 is 9.05 Å². The topological polar surface area (TPSA) is 34.1 Å². The van der Waals surface area contributed by atoms with Crippen LogP contribution in [-0.2, 0) is 9.05 Å². The highest BCUT2D eigenvalue weighted by molar-refractivity contribution is 14.1. The van der Waals surface area contributed by atoms with Gasteiger partial charge in [-0.05, 0) is 63.1 Å². The van der Waals surface area contributed by atoms with Gasteiger partial charge in [0.1, 0.15) is 4.90 Å². The Balaban J connectivity index is 3.62. The molecule has 0 amide bonds. The second-order valence-electron chi connectivity index (χ2n) is 2.42. The van der Waals surface area contributed by atoms with Crippen molar-refractivity contribution in [2.45, 2.75) is 11.8 Å². The molecule has 0 radical (unpaired) electrons. The summed E-state index contributed by atoms with van der Waals surface area (Å²) in [7, 11) is 1.61. The van der Waals surface area contributed by atoms with Gasteiger partial charge in [0.05, 0.1) is 0 Å². The second-order valence-corrected chi connectivity index (χ2v) is 6.94. The largest absolute Gasteiger partial charge is 0.262 e. The van der Waals surface area contributed by atoms with Gasteiger partial charge in [-0.25, -0.2) is 8.42 Å². The van der Waals surface area contributed by atoms with Gasteiger partial charge in [0.15, 0.2) is 0 Å². The highest BCUT2D eigenvalue weighted by Crippen LogP contribution is 2.30. The highest BCUT2D eigenvalue weighted by Gasteiger charge is 2.18. The molecule has 1 aromatic carbocycles. The van der Waals surface area contributed by atoms with Crippen LogP contribution in [0.25, 0.3) is 0 Å². The molecule has 0 fully saturated rings. The molecule has 0 aromatic heterocycles. The van der Waals surface area contributed by atoms with E-state index in [0.717, 1.165) is 3.57 Å². The van der Waals surface area contributed by atoms with Crippen molar-refractivity contribution in [1.82, 2.24) is 0 Å². The van der Waals surface area contributed by atoms with Gasteiger partial charge in [0.25, 0.3) is 9.05 Å². The van der Waals surface area contributed by atoms with Crippen LogP contribution in [0, 0.1) is 10.5 Å². The molecule has 0 N–H and O–H groups in total. The molecule has 13 heavy (non-hydrogen) atoms. The van der Waals surface area contributed by atoms with Crippen LogP contribution in [0.3, 0.4) is 0 Å². The Morgan fingerprint density at radius 2 is 2.00 bits per heavy atom. The summed E-state index contributed by atoms with van der Waals surface area (Å²) >= 11 is 5.21. The van der Waals surface area contributed by atoms with E-state index in [1.165, 1.54) is 0 Å². The van der Waals surface area contributed by atoms with E-state index in [9.17, 15) is 8.42 Å². The smallest absolute Gasteiger partial charge is 0.207 e. The third kappa shape index (κ3) is 2.57. The fourth-order valence-corrected chi connectivity index (χ4v) is 4.29. The zero-order chi connectivity index (χ0) is 10.2. The van der Waals surface area contributed by atoms with Crippen LogP contribution in [-0.4, -0.2) is 8.42 Å². The Labute approximate surface area is 103 Å². The van der Waals surface area contributed by atoms with Crippen molar-refractivity contribution in [3.05, 3.63) is 25.7 Å². The fraction of sp³-hybridized carbons (Fsp3) is 0.143. The molecule has 0 saturated carbocycles. The predicted octanol–water partition coefficient (Wildman–Crippen LogP) is 3.29. The summed E-state index contributed by atoms with van der Waals surface area (Å²) in [5, 5.41) is 0. The van der Waals surface area contributed by atoms with Crippen molar-refractivity contribution < 1.29 is 8.42 Å². The van der Waals surface area contributed by atoms with Gasteiger partial charge in [-0.15, -0.1) is 0 Å². The van der Waals surface area contributed by atoms with Gasteiger partial charge in [-0.1, -0.05) is 0 Å². The lowest BCUT2D eigenvalue weighted by molar-refractivity contribution is 0.608. The number of halogens is 3. The normalized spacial score (nSPS) is 11.7. The number of hydrogen-bond donors (Lipinski definition) is 0. The first-order valence-electron chi connectivity index (χ1n) is 3.23. The lowest BCUT2D eigenvalue weighted by Gasteiger charge is -2.06. The summed E-state index contributed by atoms with van der Waals surface area (Å²) in [6, 6.07) is 3.50. The van der Waals surface area contributed by atoms with Crippen LogP contribution < -0.4 is 0 Å². The summed E-state index contributed by atoms with van der Waals surface area (Å²) in [5.41, 5.74) is 0.671. The van der Waals surface area contributed by atoms with Crippen LogP contribution in [0.2, 0.25) is 0 Å². The zero-order valence-corrected chi connectivity index (χ0v) is 11.8. The maximum atomic E-state index is 11.2. The summed E-state index contributed by atoms with van der Waals surface area (Å²) < 4.78 is 23.7. The first kappa shape index (κ1) is 11.7. The molecular weight excluding hydrogens is 390 g/mol. The average Bonchev–Trinajstić information content (AvgIpc) is 1.95. The molecule has 2 nitrogen and oxygen atoms in total. The molecule has 0 saturated heterocycles. The van der Waals surface area contributed by atoms with Crippen molar-refractivity contribution >= 4 is 58.3 Å². The van der Waals surface area contributed by atoms with Crippen molar-refractivity contribution in [2.24, 2.45) is 0 Å². The molecule has 0 heterocycles. The molecule has 0 spiro atoms. The van der Waals surface area contributed by atoms with E-state index in [1.807, 2.05) is 6.07 Å². The predicted molar refractivity (Wildman–Crippen MR) is 64.6 cm³/mol.